The van der Waals surface area contributed by atoms with Gasteiger partial charge in [-0.1, -0.05) is 23.7 Å². The van der Waals surface area contributed by atoms with Crippen LogP contribution in [0.25, 0.3) is 0 Å². The van der Waals surface area contributed by atoms with Crippen LogP contribution in [-0.2, 0) is 4.79 Å². The highest BCUT2D eigenvalue weighted by atomic mass is 35.5. The van der Waals surface area contributed by atoms with Gasteiger partial charge in [-0.05, 0) is 18.2 Å². The van der Waals surface area contributed by atoms with Gasteiger partial charge in [-0.3, -0.25) is 4.79 Å². The first-order chi connectivity index (χ1) is 12.6. The van der Waals surface area contributed by atoms with Crippen molar-refractivity contribution in [3.63, 3.8) is 0 Å². The van der Waals surface area contributed by atoms with Crippen molar-refractivity contribution in [2.75, 3.05) is 27.9 Å². The van der Waals surface area contributed by atoms with Crippen LogP contribution in [0.4, 0.5) is 0 Å². The van der Waals surface area contributed by atoms with Gasteiger partial charge in [0.1, 0.15) is 11.5 Å². The van der Waals surface area contributed by atoms with Gasteiger partial charge in [0.05, 0.1) is 32.6 Å². The topological polar surface area (TPSA) is 78.4 Å². The molecule has 0 saturated heterocycles. The molecule has 0 saturated carbocycles. The molecule has 0 bridgehead atoms. The van der Waals surface area contributed by atoms with Crippen LogP contribution < -0.4 is 24.4 Å². The van der Waals surface area contributed by atoms with Gasteiger partial charge in [-0.25, -0.2) is 5.43 Å². The lowest BCUT2D eigenvalue weighted by molar-refractivity contribution is -0.123. The average molecular weight is 379 g/mol. The predicted octanol–water partition coefficient (Wildman–Crippen LogP) is 2.89. The van der Waals surface area contributed by atoms with Crippen molar-refractivity contribution < 1.29 is 23.7 Å². The molecule has 0 fully saturated rings. The molecule has 0 aliphatic heterocycles. The van der Waals surface area contributed by atoms with E-state index in [1.165, 1.54) is 27.5 Å². The zero-order valence-corrected chi connectivity index (χ0v) is 15.4. The van der Waals surface area contributed by atoms with Crippen molar-refractivity contribution in [2.45, 2.75) is 0 Å². The molecular weight excluding hydrogens is 360 g/mol. The number of carbonyl (C=O) groups is 1. The normalized spacial score (nSPS) is 10.5. The fraction of sp³-hybridized carbons (Fsp3) is 0.222. The number of rotatable bonds is 8. The van der Waals surface area contributed by atoms with Crippen molar-refractivity contribution in [1.82, 2.24) is 5.43 Å². The van der Waals surface area contributed by atoms with E-state index in [2.05, 4.69) is 10.5 Å². The van der Waals surface area contributed by atoms with Crippen molar-refractivity contribution >= 4 is 23.7 Å². The zero-order chi connectivity index (χ0) is 18.9. The molecule has 0 aliphatic carbocycles. The summed E-state index contributed by atoms with van der Waals surface area (Å²) in [6, 6.07) is 10.2. The molecule has 0 radical (unpaired) electrons. The van der Waals surface area contributed by atoms with Gasteiger partial charge in [-0.15, -0.1) is 0 Å². The molecule has 7 nitrogen and oxygen atoms in total. The van der Waals surface area contributed by atoms with Crippen LogP contribution in [0.5, 0.6) is 23.0 Å². The third-order valence-corrected chi connectivity index (χ3v) is 3.64. The van der Waals surface area contributed by atoms with Gasteiger partial charge in [-0.2, -0.15) is 5.10 Å². The Kier molecular flexibility index (Phi) is 7.11. The first-order valence-corrected chi connectivity index (χ1v) is 7.96. The summed E-state index contributed by atoms with van der Waals surface area (Å²) >= 11 is 5.96. The van der Waals surface area contributed by atoms with Crippen molar-refractivity contribution in [3.8, 4) is 23.0 Å². The number of nitrogens with zero attached hydrogens (tertiary/aromatic N) is 1. The smallest absolute Gasteiger partial charge is 0.277 e. The van der Waals surface area contributed by atoms with E-state index in [1.807, 2.05) is 0 Å². The third-order valence-electron chi connectivity index (χ3n) is 3.32. The molecule has 0 heterocycles. The quantitative estimate of drug-likeness (QED) is 0.564. The summed E-state index contributed by atoms with van der Waals surface area (Å²) in [6.07, 6.45) is 1.44. The average Bonchev–Trinajstić information content (AvgIpc) is 2.66. The molecule has 8 heteroatoms. The lowest BCUT2D eigenvalue weighted by atomic mass is 10.2. The Balaban J connectivity index is 1.99. The van der Waals surface area contributed by atoms with Gasteiger partial charge in [0.15, 0.2) is 18.1 Å². The van der Waals surface area contributed by atoms with E-state index in [0.717, 1.165) is 0 Å². The zero-order valence-electron chi connectivity index (χ0n) is 14.6. The number of hydrogen-bond acceptors (Lipinski definition) is 6. The number of hydrazone groups is 1. The fourth-order valence-electron chi connectivity index (χ4n) is 2.06. The highest BCUT2D eigenvalue weighted by Crippen LogP contribution is 2.33. The molecule has 2 rings (SSSR count). The van der Waals surface area contributed by atoms with Crippen LogP contribution in [-0.4, -0.2) is 40.1 Å². The number of carbonyl (C=O) groups excluding carboxylic acids is 1. The number of para-hydroxylation sites is 1. The van der Waals surface area contributed by atoms with E-state index in [0.29, 0.717) is 33.6 Å². The summed E-state index contributed by atoms with van der Waals surface area (Å²) < 4.78 is 21.1. The maximum absolute atomic E-state index is 11.8. The van der Waals surface area contributed by atoms with Crippen LogP contribution in [0.2, 0.25) is 5.02 Å². The monoisotopic (exact) mass is 378 g/mol. The SMILES string of the molecule is COc1cc(OC)c(OC)cc1/C=N\NC(=O)COc1ccccc1Cl. The molecule has 2 aromatic carbocycles. The second-order valence-corrected chi connectivity index (χ2v) is 5.37. The number of hydrogen-bond donors (Lipinski definition) is 1. The maximum atomic E-state index is 11.8. The summed E-state index contributed by atoms with van der Waals surface area (Å²) in [4.78, 5) is 11.8. The molecule has 0 aliphatic rings. The lowest BCUT2D eigenvalue weighted by Gasteiger charge is -2.11. The van der Waals surface area contributed by atoms with Crippen LogP contribution in [0.3, 0.4) is 0 Å². The van der Waals surface area contributed by atoms with Crippen LogP contribution in [0, 0.1) is 0 Å². The highest BCUT2D eigenvalue weighted by Gasteiger charge is 2.10. The fourth-order valence-corrected chi connectivity index (χ4v) is 2.26. The van der Waals surface area contributed by atoms with Gasteiger partial charge in [0, 0.05) is 11.6 Å². The Morgan fingerprint density at radius 3 is 2.35 bits per heavy atom. The number of amides is 1. The Morgan fingerprint density at radius 1 is 1.04 bits per heavy atom. The second-order valence-electron chi connectivity index (χ2n) is 4.96. The molecule has 2 aromatic rings. The summed E-state index contributed by atoms with van der Waals surface area (Å²) in [7, 11) is 4.58. The second kappa shape index (κ2) is 9.53. The molecule has 0 aromatic heterocycles. The van der Waals surface area contributed by atoms with E-state index in [9.17, 15) is 4.79 Å². The number of halogens is 1. The minimum Gasteiger partial charge on any atom is -0.496 e. The first-order valence-electron chi connectivity index (χ1n) is 7.58. The van der Waals surface area contributed by atoms with E-state index >= 15 is 0 Å². The Hall–Kier alpha value is -2.93. The molecule has 138 valence electrons. The van der Waals surface area contributed by atoms with Gasteiger partial charge < -0.3 is 18.9 Å². The molecule has 0 spiro atoms. The van der Waals surface area contributed by atoms with Crippen molar-refractivity contribution in [3.05, 3.63) is 47.0 Å². The predicted molar refractivity (Wildman–Crippen MR) is 98.8 cm³/mol. The summed E-state index contributed by atoms with van der Waals surface area (Å²) in [6.45, 7) is -0.218. The van der Waals surface area contributed by atoms with Gasteiger partial charge >= 0.3 is 0 Å². The largest absolute Gasteiger partial charge is 0.496 e. The molecular formula is C18H19ClN2O5. The standard InChI is InChI=1S/C18H19ClN2O5/c1-23-15-9-17(25-3)16(24-2)8-12(15)10-20-21-18(22)11-26-14-7-5-4-6-13(14)19/h4-10H,11H2,1-3H3,(H,21,22)/b20-10-. The molecule has 0 atom stereocenters. The highest BCUT2D eigenvalue weighted by molar-refractivity contribution is 6.32. The first kappa shape index (κ1) is 19.4. The molecule has 26 heavy (non-hydrogen) atoms. The van der Waals surface area contributed by atoms with Crippen molar-refractivity contribution in [1.29, 1.82) is 0 Å². The van der Waals surface area contributed by atoms with Crippen LogP contribution in [0.15, 0.2) is 41.5 Å². The lowest BCUT2D eigenvalue weighted by Crippen LogP contribution is -2.24. The van der Waals surface area contributed by atoms with Crippen molar-refractivity contribution in [2.24, 2.45) is 5.10 Å². The number of nitrogens with one attached hydrogen (secondary N) is 1. The summed E-state index contributed by atoms with van der Waals surface area (Å²) in [5, 5.41) is 4.33. The van der Waals surface area contributed by atoms with Gasteiger partial charge in [0.2, 0.25) is 0 Å². The molecule has 1 N–H and O–H groups in total. The number of benzene rings is 2. The van der Waals surface area contributed by atoms with Crippen LogP contribution in [0.1, 0.15) is 5.56 Å². The molecule has 1 amide bonds. The summed E-state index contributed by atoms with van der Waals surface area (Å²) in [5.74, 6) is 1.56. The number of methoxy groups -OCH3 is 3. The van der Waals surface area contributed by atoms with E-state index in [1.54, 1.807) is 36.4 Å². The minimum atomic E-state index is -0.430. The van der Waals surface area contributed by atoms with E-state index in [4.69, 9.17) is 30.5 Å². The Bertz CT molecular complexity index is 795. The number of ether oxygens (including phenoxy) is 4. The Morgan fingerprint density at radius 2 is 1.69 bits per heavy atom. The third kappa shape index (κ3) is 5.03. The Labute approximate surface area is 156 Å². The van der Waals surface area contributed by atoms with E-state index < -0.39 is 5.91 Å². The summed E-state index contributed by atoms with van der Waals surface area (Å²) in [5.41, 5.74) is 2.98. The van der Waals surface area contributed by atoms with Crippen LogP contribution >= 0.6 is 11.6 Å². The molecule has 0 unspecified atom stereocenters. The van der Waals surface area contributed by atoms with Gasteiger partial charge in [0.25, 0.3) is 5.91 Å². The maximum Gasteiger partial charge on any atom is 0.277 e. The van der Waals surface area contributed by atoms with E-state index in [-0.39, 0.29) is 6.61 Å². The minimum absolute atomic E-state index is 0.218.